The first kappa shape index (κ1) is 19.5. The predicted molar refractivity (Wildman–Crippen MR) is 99.7 cm³/mol. The number of methoxy groups -OCH3 is 2. The Balaban J connectivity index is 1.97. The highest BCUT2D eigenvalue weighted by Crippen LogP contribution is 2.25. The molecule has 138 valence electrons. The highest BCUT2D eigenvalue weighted by molar-refractivity contribution is 7.14. The van der Waals surface area contributed by atoms with E-state index in [-0.39, 0.29) is 18.3 Å². The van der Waals surface area contributed by atoms with Crippen molar-refractivity contribution < 1.29 is 23.8 Å². The molecule has 1 N–H and O–H groups in total. The highest BCUT2D eigenvalue weighted by Gasteiger charge is 2.09. The number of nitrogens with one attached hydrogen (secondary N) is 1. The summed E-state index contributed by atoms with van der Waals surface area (Å²) in [5, 5.41) is 4.79. The molecule has 0 saturated carbocycles. The van der Waals surface area contributed by atoms with Crippen molar-refractivity contribution in [3.8, 4) is 11.5 Å². The number of anilines is 1. The summed E-state index contributed by atoms with van der Waals surface area (Å²) >= 11 is 1.25. The number of esters is 1. The molecule has 7 nitrogen and oxygen atoms in total. The molecule has 26 heavy (non-hydrogen) atoms. The average molecular weight is 376 g/mol. The Morgan fingerprint density at radius 2 is 2.08 bits per heavy atom. The Kier molecular flexibility index (Phi) is 7.16. The molecule has 8 heteroatoms. The zero-order valence-electron chi connectivity index (χ0n) is 14.8. The van der Waals surface area contributed by atoms with Gasteiger partial charge in [0, 0.05) is 23.1 Å². The van der Waals surface area contributed by atoms with Crippen molar-refractivity contribution in [2.75, 3.05) is 26.1 Å². The van der Waals surface area contributed by atoms with Crippen LogP contribution in [0.25, 0.3) is 6.08 Å². The lowest BCUT2D eigenvalue weighted by atomic mass is 10.1. The first-order valence-electron chi connectivity index (χ1n) is 7.86. The monoisotopic (exact) mass is 376 g/mol. The first-order valence-corrected chi connectivity index (χ1v) is 8.74. The number of hydrogen-bond donors (Lipinski definition) is 1. The number of carbonyl (C=O) groups is 2. The number of amides is 1. The van der Waals surface area contributed by atoms with Crippen LogP contribution < -0.4 is 14.8 Å². The van der Waals surface area contributed by atoms with Crippen LogP contribution in [0, 0.1) is 0 Å². The molecule has 1 heterocycles. The summed E-state index contributed by atoms with van der Waals surface area (Å²) in [5.74, 6) is 0.585. The Hall–Kier alpha value is -2.87. The van der Waals surface area contributed by atoms with Gasteiger partial charge >= 0.3 is 5.97 Å². The Morgan fingerprint density at radius 3 is 2.77 bits per heavy atom. The van der Waals surface area contributed by atoms with Gasteiger partial charge in [-0.05, 0) is 25.1 Å². The molecule has 0 saturated heterocycles. The Morgan fingerprint density at radius 1 is 1.27 bits per heavy atom. The van der Waals surface area contributed by atoms with Gasteiger partial charge in [-0.1, -0.05) is 0 Å². The number of hydrogen-bond acceptors (Lipinski definition) is 7. The molecule has 0 aliphatic rings. The van der Waals surface area contributed by atoms with Crippen LogP contribution in [0.5, 0.6) is 11.5 Å². The predicted octanol–water partition coefficient (Wildman–Crippen LogP) is 2.92. The van der Waals surface area contributed by atoms with Gasteiger partial charge in [0.05, 0.1) is 32.9 Å². The van der Waals surface area contributed by atoms with Gasteiger partial charge in [-0.15, -0.1) is 11.3 Å². The average Bonchev–Trinajstić information content (AvgIpc) is 3.06. The molecule has 0 aliphatic carbocycles. The number of rotatable bonds is 8. The van der Waals surface area contributed by atoms with E-state index in [4.69, 9.17) is 14.2 Å². The molecule has 1 aromatic heterocycles. The van der Waals surface area contributed by atoms with E-state index in [9.17, 15) is 9.59 Å². The van der Waals surface area contributed by atoms with Crippen LogP contribution in [0.2, 0.25) is 0 Å². The summed E-state index contributed by atoms with van der Waals surface area (Å²) < 4.78 is 15.3. The lowest BCUT2D eigenvalue weighted by Gasteiger charge is -2.07. The summed E-state index contributed by atoms with van der Waals surface area (Å²) in [6.45, 7) is 2.07. The SMILES string of the molecule is CCOC(=O)Cc1csc(NC(=O)/C=C/c2ccc(OC)cc2OC)n1. The molecule has 1 amide bonds. The molecule has 1 aromatic carbocycles. The molecule has 0 atom stereocenters. The number of thiazole rings is 1. The minimum Gasteiger partial charge on any atom is -0.497 e. The number of aromatic nitrogens is 1. The second-order valence-electron chi connectivity index (χ2n) is 5.06. The van der Waals surface area contributed by atoms with Crippen molar-refractivity contribution in [3.05, 3.63) is 40.9 Å². The summed E-state index contributed by atoms with van der Waals surface area (Å²) in [4.78, 5) is 27.7. The maximum absolute atomic E-state index is 12.1. The quantitative estimate of drug-likeness (QED) is 0.563. The number of carbonyl (C=O) groups excluding carboxylic acids is 2. The van der Waals surface area contributed by atoms with Crippen molar-refractivity contribution in [3.63, 3.8) is 0 Å². The number of benzene rings is 1. The Bertz CT molecular complexity index is 801. The molecule has 0 bridgehead atoms. The van der Waals surface area contributed by atoms with Crippen molar-refractivity contribution in [2.24, 2.45) is 0 Å². The van der Waals surface area contributed by atoms with E-state index in [0.29, 0.717) is 28.9 Å². The zero-order chi connectivity index (χ0) is 18.9. The van der Waals surface area contributed by atoms with E-state index < -0.39 is 0 Å². The molecule has 0 unspecified atom stereocenters. The number of ether oxygens (including phenoxy) is 3. The van der Waals surface area contributed by atoms with Gasteiger partial charge in [-0.2, -0.15) is 0 Å². The largest absolute Gasteiger partial charge is 0.497 e. The topological polar surface area (TPSA) is 86.8 Å². The summed E-state index contributed by atoms with van der Waals surface area (Å²) in [6.07, 6.45) is 3.11. The fourth-order valence-corrected chi connectivity index (χ4v) is 2.79. The van der Waals surface area contributed by atoms with E-state index >= 15 is 0 Å². The van der Waals surface area contributed by atoms with Crippen molar-refractivity contribution in [1.82, 2.24) is 4.98 Å². The van der Waals surface area contributed by atoms with Crippen LogP contribution in [0.1, 0.15) is 18.2 Å². The van der Waals surface area contributed by atoms with E-state index in [2.05, 4.69) is 10.3 Å². The van der Waals surface area contributed by atoms with Crippen molar-refractivity contribution in [2.45, 2.75) is 13.3 Å². The van der Waals surface area contributed by atoms with Crippen LogP contribution >= 0.6 is 11.3 Å². The van der Waals surface area contributed by atoms with E-state index in [1.807, 2.05) is 0 Å². The minimum absolute atomic E-state index is 0.0824. The molecule has 2 rings (SSSR count). The van der Waals surface area contributed by atoms with Crippen LogP contribution in [0.15, 0.2) is 29.7 Å². The molecule has 0 aliphatic heterocycles. The van der Waals surface area contributed by atoms with Gasteiger partial charge in [0.2, 0.25) is 5.91 Å². The van der Waals surface area contributed by atoms with Crippen LogP contribution in [0.3, 0.4) is 0 Å². The van der Waals surface area contributed by atoms with Crippen molar-refractivity contribution >= 4 is 34.4 Å². The van der Waals surface area contributed by atoms with Crippen LogP contribution in [-0.4, -0.2) is 37.7 Å². The normalized spacial score (nSPS) is 10.6. The lowest BCUT2D eigenvalue weighted by Crippen LogP contribution is -2.09. The maximum Gasteiger partial charge on any atom is 0.311 e. The lowest BCUT2D eigenvalue weighted by molar-refractivity contribution is -0.142. The first-order chi connectivity index (χ1) is 12.5. The third-order valence-corrected chi connectivity index (χ3v) is 4.07. The van der Waals surface area contributed by atoms with E-state index in [0.717, 1.165) is 5.56 Å². The second-order valence-corrected chi connectivity index (χ2v) is 5.91. The molecule has 0 fully saturated rings. The summed E-state index contributed by atoms with van der Waals surface area (Å²) in [7, 11) is 3.12. The van der Waals surface area contributed by atoms with Gasteiger partial charge in [-0.3, -0.25) is 14.9 Å². The minimum atomic E-state index is -0.345. The molecule has 0 spiro atoms. The van der Waals surface area contributed by atoms with Gasteiger partial charge < -0.3 is 14.2 Å². The van der Waals surface area contributed by atoms with Gasteiger partial charge in [0.25, 0.3) is 0 Å². The molecule has 2 aromatic rings. The third-order valence-electron chi connectivity index (χ3n) is 3.27. The van der Waals surface area contributed by atoms with Crippen LogP contribution in [0.4, 0.5) is 5.13 Å². The van der Waals surface area contributed by atoms with E-state index in [1.54, 1.807) is 50.8 Å². The highest BCUT2D eigenvalue weighted by atomic mass is 32.1. The smallest absolute Gasteiger partial charge is 0.311 e. The van der Waals surface area contributed by atoms with E-state index in [1.165, 1.54) is 17.4 Å². The molecule has 0 radical (unpaired) electrons. The maximum atomic E-state index is 12.1. The molecular formula is C18H20N2O5S. The fourth-order valence-electron chi connectivity index (χ4n) is 2.07. The number of nitrogens with zero attached hydrogens (tertiary/aromatic N) is 1. The van der Waals surface area contributed by atoms with Gasteiger partial charge in [0.1, 0.15) is 11.5 Å². The van der Waals surface area contributed by atoms with Gasteiger partial charge in [-0.25, -0.2) is 4.98 Å². The Labute approximate surface area is 155 Å². The summed E-state index contributed by atoms with van der Waals surface area (Å²) in [5.41, 5.74) is 1.30. The van der Waals surface area contributed by atoms with Crippen molar-refractivity contribution in [1.29, 1.82) is 0 Å². The molecular weight excluding hydrogens is 356 g/mol. The third kappa shape index (κ3) is 5.59. The fraction of sp³-hybridized carbons (Fsp3) is 0.278. The van der Waals surface area contributed by atoms with Crippen LogP contribution in [-0.2, 0) is 20.7 Å². The summed E-state index contributed by atoms with van der Waals surface area (Å²) in [6, 6.07) is 5.31. The standard InChI is InChI=1S/C18H20N2O5S/c1-4-25-17(22)9-13-11-26-18(19-13)20-16(21)8-6-12-5-7-14(23-2)10-15(12)24-3/h5-8,10-11H,4,9H2,1-3H3,(H,19,20,21)/b8-6+. The van der Waals surface area contributed by atoms with Gasteiger partial charge in [0.15, 0.2) is 5.13 Å². The second kappa shape index (κ2) is 9.57. The zero-order valence-corrected chi connectivity index (χ0v) is 15.6.